The van der Waals surface area contributed by atoms with Gasteiger partial charge in [0.15, 0.2) is 0 Å². The third-order valence-corrected chi connectivity index (χ3v) is 4.11. The lowest BCUT2D eigenvalue weighted by molar-refractivity contribution is 0.0697. The van der Waals surface area contributed by atoms with E-state index >= 15 is 0 Å². The molecule has 4 nitrogen and oxygen atoms in total. The number of carbonyl (C=O) groups is 2. The second-order valence-electron chi connectivity index (χ2n) is 3.80. The molecule has 1 aromatic heterocycles. The molecule has 0 bridgehead atoms. The Morgan fingerprint density at radius 2 is 2.00 bits per heavy atom. The molecule has 0 saturated heterocycles. The van der Waals surface area contributed by atoms with Crippen molar-refractivity contribution in [3.8, 4) is 0 Å². The Morgan fingerprint density at radius 3 is 2.63 bits per heavy atom. The number of halogens is 1. The van der Waals surface area contributed by atoms with Crippen LogP contribution in [-0.2, 0) is 6.54 Å². The molecule has 0 radical (unpaired) electrons. The Kier molecular flexibility index (Phi) is 4.34. The van der Waals surface area contributed by atoms with E-state index in [1.54, 1.807) is 12.1 Å². The lowest BCUT2D eigenvalue weighted by atomic mass is 10.1. The number of carboxylic acid groups (broad SMARTS) is 1. The van der Waals surface area contributed by atoms with Crippen LogP contribution in [-0.4, -0.2) is 17.0 Å². The average molecular weight is 340 g/mol. The fourth-order valence-corrected chi connectivity index (χ4v) is 2.90. The molecule has 1 aromatic carbocycles. The summed E-state index contributed by atoms with van der Waals surface area (Å²) in [5.74, 6) is -1.33. The summed E-state index contributed by atoms with van der Waals surface area (Å²) < 4.78 is 0.981. The molecule has 0 aliphatic carbocycles. The normalized spacial score (nSPS) is 10.2. The van der Waals surface area contributed by atoms with Crippen LogP contribution in [0, 0.1) is 0 Å². The van der Waals surface area contributed by atoms with Gasteiger partial charge in [-0.2, -0.15) is 0 Å². The molecular weight excluding hydrogens is 330 g/mol. The van der Waals surface area contributed by atoms with E-state index in [9.17, 15) is 9.59 Å². The Balaban J connectivity index is 2.03. The fraction of sp³-hybridized carbons (Fsp3) is 0.0769. The fourth-order valence-electron chi connectivity index (χ4n) is 1.51. The van der Waals surface area contributed by atoms with Gasteiger partial charge >= 0.3 is 5.97 Å². The lowest BCUT2D eigenvalue weighted by Crippen LogP contribution is -2.22. The predicted octanol–water partition coefficient (Wildman–Crippen LogP) is 3.14. The van der Waals surface area contributed by atoms with Gasteiger partial charge < -0.3 is 10.4 Å². The van der Waals surface area contributed by atoms with Crippen LogP contribution in [0.2, 0.25) is 0 Å². The number of benzene rings is 1. The molecule has 0 aliphatic rings. The van der Waals surface area contributed by atoms with E-state index in [1.165, 1.54) is 23.5 Å². The van der Waals surface area contributed by atoms with Crippen LogP contribution in [0.15, 0.2) is 40.2 Å². The van der Waals surface area contributed by atoms with E-state index in [0.29, 0.717) is 12.1 Å². The highest BCUT2D eigenvalue weighted by molar-refractivity contribution is 9.10. The van der Waals surface area contributed by atoms with Crippen LogP contribution in [0.1, 0.15) is 25.6 Å². The monoisotopic (exact) mass is 339 g/mol. The molecule has 98 valence electrons. The molecule has 6 heteroatoms. The molecule has 0 saturated carbocycles. The maximum absolute atomic E-state index is 11.9. The largest absolute Gasteiger partial charge is 0.478 e. The van der Waals surface area contributed by atoms with Gasteiger partial charge in [-0.05, 0) is 40.2 Å². The van der Waals surface area contributed by atoms with Gasteiger partial charge in [0.05, 0.1) is 12.1 Å². The van der Waals surface area contributed by atoms with Crippen molar-refractivity contribution in [1.29, 1.82) is 0 Å². The minimum atomic E-state index is -1.04. The van der Waals surface area contributed by atoms with Crippen molar-refractivity contribution in [3.05, 3.63) is 56.2 Å². The second kappa shape index (κ2) is 5.99. The zero-order valence-corrected chi connectivity index (χ0v) is 12.1. The molecule has 2 N–H and O–H groups in total. The molecule has 1 amide bonds. The quantitative estimate of drug-likeness (QED) is 0.899. The maximum atomic E-state index is 11.9. The van der Waals surface area contributed by atoms with Gasteiger partial charge in [0.25, 0.3) is 5.91 Å². The molecule has 0 spiro atoms. The van der Waals surface area contributed by atoms with Gasteiger partial charge in [0.1, 0.15) is 0 Å². The lowest BCUT2D eigenvalue weighted by Gasteiger charge is -2.04. The number of carboxylic acids is 1. The predicted molar refractivity (Wildman–Crippen MR) is 76.6 cm³/mol. The van der Waals surface area contributed by atoms with Crippen LogP contribution in [0.3, 0.4) is 0 Å². The maximum Gasteiger partial charge on any atom is 0.335 e. The van der Waals surface area contributed by atoms with E-state index < -0.39 is 5.97 Å². The minimum absolute atomic E-state index is 0.103. The summed E-state index contributed by atoms with van der Waals surface area (Å²) in [5.41, 5.74) is 0.446. The van der Waals surface area contributed by atoms with Gasteiger partial charge in [-0.25, -0.2) is 4.79 Å². The van der Waals surface area contributed by atoms with Crippen LogP contribution in [0.5, 0.6) is 0 Å². The first-order valence-electron chi connectivity index (χ1n) is 5.41. The van der Waals surface area contributed by atoms with Crippen molar-refractivity contribution in [2.45, 2.75) is 6.54 Å². The summed E-state index contributed by atoms with van der Waals surface area (Å²) in [7, 11) is 0. The first-order chi connectivity index (χ1) is 9.06. The number of rotatable bonds is 4. The number of thiophene rings is 1. The van der Waals surface area contributed by atoms with Crippen molar-refractivity contribution in [2.24, 2.45) is 0 Å². The highest BCUT2D eigenvalue weighted by Crippen LogP contribution is 2.19. The minimum Gasteiger partial charge on any atom is -0.478 e. The van der Waals surface area contributed by atoms with Crippen molar-refractivity contribution in [1.82, 2.24) is 5.32 Å². The van der Waals surface area contributed by atoms with E-state index in [2.05, 4.69) is 21.2 Å². The highest BCUT2D eigenvalue weighted by atomic mass is 79.9. The second-order valence-corrected chi connectivity index (χ2v) is 5.71. The summed E-state index contributed by atoms with van der Waals surface area (Å²) in [6.45, 7) is 0.423. The zero-order chi connectivity index (χ0) is 13.8. The molecule has 2 aromatic rings. The molecule has 0 atom stereocenters. The number of hydrogen-bond acceptors (Lipinski definition) is 3. The van der Waals surface area contributed by atoms with E-state index in [4.69, 9.17) is 5.11 Å². The SMILES string of the molecule is O=C(O)c1cccc(C(=O)NCc2cc(Br)cs2)c1. The van der Waals surface area contributed by atoms with Gasteiger partial charge in [-0.1, -0.05) is 6.07 Å². The number of hydrogen-bond donors (Lipinski definition) is 2. The van der Waals surface area contributed by atoms with Crippen LogP contribution < -0.4 is 5.32 Å². The Labute approximate surface area is 122 Å². The smallest absolute Gasteiger partial charge is 0.335 e. The topological polar surface area (TPSA) is 66.4 Å². The Bertz CT molecular complexity index is 624. The van der Waals surface area contributed by atoms with Crippen molar-refractivity contribution in [2.75, 3.05) is 0 Å². The van der Waals surface area contributed by atoms with E-state index in [0.717, 1.165) is 9.35 Å². The number of aromatic carboxylic acids is 1. The van der Waals surface area contributed by atoms with Crippen molar-refractivity contribution in [3.63, 3.8) is 0 Å². The molecule has 2 rings (SSSR count). The summed E-state index contributed by atoms with van der Waals surface area (Å²) in [6, 6.07) is 7.89. The van der Waals surface area contributed by atoms with Gasteiger partial charge in [0, 0.05) is 20.3 Å². The Morgan fingerprint density at radius 1 is 1.26 bits per heavy atom. The molecule has 1 heterocycles. The van der Waals surface area contributed by atoms with Crippen LogP contribution >= 0.6 is 27.3 Å². The van der Waals surface area contributed by atoms with Crippen molar-refractivity contribution < 1.29 is 14.7 Å². The summed E-state index contributed by atoms with van der Waals surface area (Å²) in [6.07, 6.45) is 0. The number of carbonyl (C=O) groups excluding carboxylic acids is 1. The first kappa shape index (κ1) is 13.8. The van der Waals surface area contributed by atoms with Crippen LogP contribution in [0.4, 0.5) is 0 Å². The summed E-state index contributed by atoms with van der Waals surface area (Å²) in [5, 5.41) is 13.6. The number of amides is 1. The Hall–Kier alpha value is -1.66. The summed E-state index contributed by atoms with van der Waals surface area (Å²) in [4.78, 5) is 23.7. The van der Waals surface area contributed by atoms with Crippen LogP contribution in [0.25, 0.3) is 0 Å². The van der Waals surface area contributed by atoms with Crippen molar-refractivity contribution >= 4 is 39.1 Å². The first-order valence-corrected chi connectivity index (χ1v) is 7.08. The average Bonchev–Trinajstić information content (AvgIpc) is 2.82. The third kappa shape index (κ3) is 3.65. The highest BCUT2D eigenvalue weighted by Gasteiger charge is 2.09. The standard InChI is InChI=1S/C13H10BrNO3S/c14-10-5-11(19-7-10)6-15-12(16)8-2-1-3-9(4-8)13(17)18/h1-5,7H,6H2,(H,15,16)(H,17,18). The van der Waals surface area contributed by atoms with Gasteiger partial charge in [-0.15, -0.1) is 11.3 Å². The molecule has 0 aliphatic heterocycles. The molecule has 0 unspecified atom stereocenters. The van der Waals surface area contributed by atoms with Gasteiger partial charge in [-0.3, -0.25) is 4.79 Å². The summed E-state index contributed by atoms with van der Waals surface area (Å²) >= 11 is 4.88. The molecular formula is C13H10BrNO3S. The number of nitrogens with one attached hydrogen (secondary N) is 1. The van der Waals surface area contributed by atoms with Gasteiger partial charge in [0.2, 0.25) is 0 Å². The molecule has 19 heavy (non-hydrogen) atoms. The third-order valence-electron chi connectivity index (χ3n) is 2.42. The van der Waals surface area contributed by atoms with E-state index in [1.807, 2.05) is 11.4 Å². The van der Waals surface area contributed by atoms with E-state index in [-0.39, 0.29) is 11.5 Å². The zero-order valence-electron chi connectivity index (χ0n) is 9.72. The molecule has 0 fully saturated rings.